The highest BCUT2D eigenvalue weighted by Crippen LogP contribution is 2.32. The summed E-state index contributed by atoms with van der Waals surface area (Å²) in [6.07, 6.45) is 9.77. The Balaban J connectivity index is 1.67. The summed E-state index contributed by atoms with van der Waals surface area (Å²) in [4.78, 5) is 19.6. The molecule has 1 atom stereocenters. The first-order valence-corrected chi connectivity index (χ1v) is 9.57. The van der Waals surface area contributed by atoms with E-state index in [1.54, 1.807) is 23.7 Å². The predicted octanol–water partition coefficient (Wildman–Crippen LogP) is 4.22. The molecule has 4 rings (SSSR count). The van der Waals surface area contributed by atoms with Crippen LogP contribution in [0.5, 0.6) is 0 Å². The fourth-order valence-electron chi connectivity index (χ4n) is 3.14. The van der Waals surface area contributed by atoms with Crippen molar-refractivity contribution in [1.29, 1.82) is 0 Å². The summed E-state index contributed by atoms with van der Waals surface area (Å²) in [5, 5.41) is 4.69. The zero-order chi connectivity index (χ0) is 17.2. The van der Waals surface area contributed by atoms with Crippen molar-refractivity contribution in [3.8, 4) is 11.4 Å². The zero-order valence-corrected chi connectivity index (χ0v) is 15.3. The summed E-state index contributed by atoms with van der Waals surface area (Å²) in [5.74, 6) is 1.72. The number of fused-ring (bicyclic) bond motifs is 1. The maximum absolute atomic E-state index is 4.83. The minimum atomic E-state index is 0.134. The predicted molar refractivity (Wildman–Crippen MR) is 101 cm³/mol. The lowest BCUT2D eigenvalue weighted by Crippen LogP contribution is -2.11. The van der Waals surface area contributed by atoms with Crippen LogP contribution in [0.25, 0.3) is 11.4 Å². The van der Waals surface area contributed by atoms with Gasteiger partial charge in [0.05, 0.1) is 6.04 Å². The molecule has 3 aromatic heterocycles. The van der Waals surface area contributed by atoms with Gasteiger partial charge < -0.3 is 5.32 Å². The van der Waals surface area contributed by atoms with E-state index >= 15 is 0 Å². The number of hydrogen-bond acceptors (Lipinski definition) is 6. The van der Waals surface area contributed by atoms with E-state index < -0.39 is 0 Å². The smallest absolute Gasteiger partial charge is 0.161 e. The van der Waals surface area contributed by atoms with Crippen LogP contribution in [-0.4, -0.2) is 19.9 Å². The second-order valence-corrected chi connectivity index (χ2v) is 7.44. The lowest BCUT2D eigenvalue weighted by Gasteiger charge is -2.16. The van der Waals surface area contributed by atoms with Crippen LogP contribution in [0.2, 0.25) is 0 Å². The van der Waals surface area contributed by atoms with Crippen molar-refractivity contribution in [2.45, 2.75) is 45.6 Å². The molecular formula is C19H21N5S. The van der Waals surface area contributed by atoms with Crippen LogP contribution < -0.4 is 5.32 Å². The quantitative estimate of drug-likeness (QED) is 0.745. The number of thiazole rings is 1. The summed E-state index contributed by atoms with van der Waals surface area (Å²) in [5.41, 5.74) is 3.43. The third kappa shape index (κ3) is 3.26. The second-order valence-electron chi connectivity index (χ2n) is 6.29. The third-order valence-electron chi connectivity index (χ3n) is 4.52. The molecule has 3 heterocycles. The molecule has 0 aliphatic heterocycles. The van der Waals surface area contributed by atoms with Crippen molar-refractivity contribution in [2.24, 2.45) is 0 Å². The number of hydrogen-bond donors (Lipinski definition) is 1. The molecule has 128 valence electrons. The molecule has 0 amide bonds. The van der Waals surface area contributed by atoms with Gasteiger partial charge in [-0.05, 0) is 44.7 Å². The summed E-state index contributed by atoms with van der Waals surface area (Å²) in [6, 6.07) is 4.05. The number of aryl methyl sites for hydroxylation is 2. The molecule has 1 unspecified atom stereocenters. The highest BCUT2D eigenvalue weighted by atomic mass is 32.1. The van der Waals surface area contributed by atoms with Gasteiger partial charge in [0.2, 0.25) is 0 Å². The van der Waals surface area contributed by atoms with Crippen molar-refractivity contribution in [3.05, 3.63) is 51.9 Å². The van der Waals surface area contributed by atoms with E-state index in [1.807, 2.05) is 18.3 Å². The van der Waals surface area contributed by atoms with Crippen LogP contribution in [0.1, 0.15) is 47.5 Å². The van der Waals surface area contributed by atoms with E-state index in [1.165, 1.54) is 16.1 Å². The third-order valence-corrected chi connectivity index (χ3v) is 5.84. The summed E-state index contributed by atoms with van der Waals surface area (Å²) >= 11 is 1.77. The minimum Gasteiger partial charge on any atom is -0.361 e. The van der Waals surface area contributed by atoms with Gasteiger partial charge in [-0.15, -0.1) is 11.3 Å². The van der Waals surface area contributed by atoms with Gasteiger partial charge >= 0.3 is 0 Å². The van der Waals surface area contributed by atoms with Gasteiger partial charge in [0.25, 0.3) is 0 Å². The molecule has 0 aromatic carbocycles. The van der Waals surface area contributed by atoms with Gasteiger partial charge in [-0.3, -0.25) is 4.98 Å². The van der Waals surface area contributed by atoms with Gasteiger partial charge in [0, 0.05) is 40.3 Å². The first-order valence-electron chi connectivity index (χ1n) is 8.76. The Bertz CT molecular complexity index is 875. The van der Waals surface area contributed by atoms with E-state index in [9.17, 15) is 0 Å². The van der Waals surface area contributed by atoms with Gasteiger partial charge in [-0.25, -0.2) is 15.0 Å². The SMILES string of the molecule is CCc1cnc(C(C)Nc2nc(-c3ccncc3)nc3c2CCC3)s1. The molecule has 1 aliphatic rings. The highest BCUT2D eigenvalue weighted by Gasteiger charge is 2.22. The molecule has 1 N–H and O–H groups in total. The normalized spacial score (nSPS) is 14.3. The lowest BCUT2D eigenvalue weighted by atomic mass is 10.2. The Labute approximate surface area is 151 Å². The first kappa shape index (κ1) is 16.1. The molecule has 3 aromatic rings. The van der Waals surface area contributed by atoms with Crippen LogP contribution in [-0.2, 0) is 19.3 Å². The Kier molecular flexibility index (Phi) is 4.44. The van der Waals surface area contributed by atoms with Crippen LogP contribution >= 0.6 is 11.3 Å². The van der Waals surface area contributed by atoms with Crippen LogP contribution in [0.15, 0.2) is 30.7 Å². The molecule has 0 saturated carbocycles. The molecule has 5 nitrogen and oxygen atoms in total. The van der Waals surface area contributed by atoms with Gasteiger partial charge in [0.1, 0.15) is 10.8 Å². The average molecular weight is 351 g/mol. The zero-order valence-electron chi connectivity index (χ0n) is 14.5. The number of nitrogens with zero attached hydrogens (tertiary/aromatic N) is 4. The van der Waals surface area contributed by atoms with E-state index in [0.717, 1.165) is 47.9 Å². The standard InChI is InChI=1S/C19H21N5S/c1-3-14-11-21-19(25-14)12(2)22-18-15-5-4-6-16(15)23-17(24-18)13-7-9-20-10-8-13/h7-12H,3-6H2,1-2H3,(H,22,23,24). The van der Waals surface area contributed by atoms with Crippen molar-refractivity contribution < 1.29 is 0 Å². The van der Waals surface area contributed by atoms with Crippen molar-refractivity contribution in [1.82, 2.24) is 19.9 Å². The summed E-state index contributed by atoms with van der Waals surface area (Å²) < 4.78 is 0. The van der Waals surface area contributed by atoms with Crippen LogP contribution in [0, 0.1) is 0 Å². The number of nitrogens with one attached hydrogen (secondary N) is 1. The average Bonchev–Trinajstić information content (AvgIpc) is 3.31. The molecule has 0 radical (unpaired) electrons. The van der Waals surface area contributed by atoms with Gasteiger partial charge in [-0.1, -0.05) is 6.92 Å². The summed E-state index contributed by atoms with van der Waals surface area (Å²) in [6.45, 7) is 4.31. The van der Waals surface area contributed by atoms with E-state index in [4.69, 9.17) is 9.97 Å². The molecular weight excluding hydrogens is 330 g/mol. The van der Waals surface area contributed by atoms with Crippen molar-refractivity contribution >= 4 is 17.2 Å². The molecule has 1 aliphatic carbocycles. The number of anilines is 1. The Morgan fingerprint density at radius 2 is 2.04 bits per heavy atom. The molecule has 25 heavy (non-hydrogen) atoms. The van der Waals surface area contributed by atoms with Crippen molar-refractivity contribution in [3.63, 3.8) is 0 Å². The Hall–Kier alpha value is -2.34. The molecule has 0 spiro atoms. The maximum Gasteiger partial charge on any atom is 0.161 e. The fraction of sp³-hybridized carbons (Fsp3) is 0.368. The topological polar surface area (TPSA) is 63.6 Å². The molecule has 0 saturated heterocycles. The second kappa shape index (κ2) is 6.88. The van der Waals surface area contributed by atoms with E-state index in [0.29, 0.717) is 0 Å². The van der Waals surface area contributed by atoms with Crippen LogP contribution in [0.3, 0.4) is 0 Å². The fourth-order valence-corrected chi connectivity index (χ4v) is 3.99. The Morgan fingerprint density at radius 1 is 1.20 bits per heavy atom. The first-order chi connectivity index (χ1) is 12.2. The largest absolute Gasteiger partial charge is 0.361 e. The minimum absolute atomic E-state index is 0.134. The number of pyridine rings is 1. The number of aromatic nitrogens is 4. The van der Waals surface area contributed by atoms with E-state index in [-0.39, 0.29) is 6.04 Å². The lowest BCUT2D eigenvalue weighted by molar-refractivity contribution is 0.851. The molecule has 0 fully saturated rings. The highest BCUT2D eigenvalue weighted by molar-refractivity contribution is 7.11. The summed E-state index contributed by atoms with van der Waals surface area (Å²) in [7, 11) is 0. The molecule has 6 heteroatoms. The Morgan fingerprint density at radius 3 is 2.80 bits per heavy atom. The van der Waals surface area contributed by atoms with E-state index in [2.05, 4.69) is 29.1 Å². The monoisotopic (exact) mass is 351 g/mol. The molecule has 0 bridgehead atoms. The van der Waals surface area contributed by atoms with Gasteiger partial charge in [-0.2, -0.15) is 0 Å². The number of rotatable bonds is 5. The van der Waals surface area contributed by atoms with Crippen LogP contribution in [0.4, 0.5) is 5.82 Å². The van der Waals surface area contributed by atoms with Gasteiger partial charge in [0.15, 0.2) is 5.82 Å². The van der Waals surface area contributed by atoms with Crippen molar-refractivity contribution in [2.75, 3.05) is 5.32 Å². The maximum atomic E-state index is 4.83.